The van der Waals surface area contributed by atoms with Gasteiger partial charge in [0.2, 0.25) is 0 Å². The van der Waals surface area contributed by atoms with Crippen LogP contribution < -0.4 is 5.73 Å². The zero-order valence-corrected chi connectivity index (χ0v) is 9.34. The number of carbonyl (C=O) groups is 1. The van der Waals surface area contributed by atoms with Gasteiger partial charge >= 0.3 is 0 Å². The molecule has 1 aromatic rings. The van der Waals surface area contributed by atoms with Crippen LogP contribution in [0.3, 0.4) is 0 Å². The molecule has 0 aromatic heterocycles. The fraction of sp³-hybridized carbons (Fsp3) is 0.300. The van der Waals surface area contributed by atoms with Crippen LogP contribution in [0.2, 0.25) is 0 Å². The van der Waals surface area contributed by atoms with Gasteiger partial charge in [0, 0.05) is 6.42 Å². The lowest BCUT2D eigenvalue weighted by atomic mass is 10.1. The van der Waals surface area contributed by atoms with E-state index in [-0.39, 0.29) is 18.0 Å². The van der Waals surface area contributed by atoms with Crippen LogP contribution in [0.4, 0.5) is 4.39 Å². The minimum atomic E-state index is -0.509. The van der Waals surface area contributed by atoms with E-state index in [0.717, 1.165) is 0 Å². The lowest BCUT2D eigenvalue weighted by Crippen LogP contribution is -2.28. The maximum Gasteiger partial charge on any atom is 0.153 e. The standard InChI is InChI=1S/C10H11BrFNO/c1-6(13)9(14)5-7-3-2-4-8(12)10(7)11/h2-4,6H,5,13H2,1H3. The molecule has 0 bridgehead atoms. The summed E-state index contributed by atoms with van der Waals surface area (Å²) in [4.78, 5) is 11.3. The number of ketones is 1. The van der Waals surface area contributed by atoms with Crippen LogP contribution >= 0.6 is 15.9 Å². The molecule has 0 saturated heterocycles. The van der Waals surface area contributed by atoms with Gasteiger partial charge in [-0.25, -0.2) is 4.39 Å². The largest absolute Gasteiger partial charge is 0.322 e. The molecule has 0 aliphatic heterocycles. The molecular formula is C10H11BrFNO. The van der Waals surface area contributed by atoms with Crippen molar-refractivity contribution in [2.75, 3.05) is 0 Å². The molecule has 1 rings (SSSR count). The number of rotatable bonds is 3. The first kappa shape index (κ1) is 11.3. The van der Waals surface area contributed by atoms with Crippen LogP contribution in [0.25, 0.3) is 0 Å². The highest BCUT2D eigenvalue weighted by atomic mass is 79.9. The number of benzene rings is 1. The fourth-order valence-electron chi connectivity index (χ4n) is 1.03. The molecule has 0 saturated carbocycles. The third-order valence-corrected chi connectivity index (χ3v) is 2.79. The summed E-state index contributed by atoms with van der Waals surface area (Å²) in [7, 11) is 0. The summed E-state index contributed by atoms with van der Waals surface area (Å²) in [6.45, 7) is 1.62. The first-order valence-electron chi connectivity index (χ1n) is 4.23. The van der Waals surface area contributed by atoms with E-state index in [1.165, 1.54) is 6.07 Å². The minimum Gasteiger partial charge on any atom is -0.322 e. The first-order valence-corrected chi connectivity index (χ1v) is 5.03. The molecule has 0 aliphatic rings. The minimum absolute atomic E-state index is 0.101. The molecule has 2 nitrogen and oxygen atoms in total. The Kier molecular flexibility index (Phi) is 3.77. The Hall–Kier alpha value is -0.740. The number of carbonyl (C=O) groups excluding carboxylic acids is 1. The topological polar surface area (TPSA) is 43.1 Å². The summed E-state index contributed by atoms with van der Waals surface area (Å²) >= 11 is 3.09. The van der Waals surface area contributed by atoms with Gasteiger partial charge < -0.3 is 5.73 Å². The van der Waals surface area contributed by atoms with Crippen molar-refractivity contribution in [3.8, 4) is 0 Å². The van der Waals surface area contributed by atoms with Crippen molar-refractivity contribution in [3.05, 3.63) is 34.1 Å². The number of hydrogen-bond acceptors (Lipinski definition) is 2. The maximum absolute atomic E-state index is 13.0. The van der Waals surface area contributed by atoms with E-state index in [2.05, 4.69) is 15.9 Å². The zero-order chi connectivity index (χ0) is 10.7. The Labute approximate surface area is 90.4 Å². The third kappa shape index (κ3) is 2.62. The molecule has 0 radical (unpaired) electrons. The second-order valence-electron chi connectivity index (χ2n) is 3.14. The monoisotopic (exact) mass is 259 g/mol. The first-order chi connectivity index (χ1) is 6.52. The van der Waals surface area contributed by atoms with Crippen LogP contribution in [0.1, 0.15) is 12.5 Å². The van der Waals surface area contributed by atoms with Gasteiger partial charge in [-0.2, -0.15) is 0 Å². The average molecular weight is 260 g/mol. The number of nitrogens with two attached hydrogens (primary N) is 1. The summed E-state index contributed by atoms with van der Waals surface area (Å²) in [5, 5.41) is 0. The predicted molar refractivity (Wildman–Crippen MR) is 56.5 cm³/mol. The molecule has 14 heavy (non-hydrogen) atoms. The lowest BCUT2D eigenvalue weighted by molar-refractivity contribution is -0.119. The molecule has 0 spiro atoms. The van der Waals surface area contributed by atoms with Gasteiger partial charge in [0.1, 0.15) is 5.82 Å². The normalized spacial score (nSPS) is 12.6. The summed E-state index contributed by atoms with van der Waals surface area (Å²) in [5.41, 5.74) is 6.05. The van der Waals surface area contributed by atoms with E-state index in [1.54, 1.807) is 19.1 Å². The van der Waals surface area contributed by atoms with E-state index in [0.29, 0.717) is 10.0 Å². The molecule has 2 N–H and O–H groups in total. The second-order valence-corrected chi connectivity index (χ2v) is 3.94. The van der Waals surface area contributed by atoms with Gasteiger partial charge in [0.25, 0.3) is 0 Å². The molecular weight excluding hydrogens is 249 g/mol. The number of halogens is 2. The van der Waals surface area contributed by atoms with Crippen molar-refractivity contribution < 1.29 is 9.18 Å². The van der Waals surface area contributed by atoms with Crippen molar-refractivity contribution in [1.29, 1.82) is 0 Å². The van der Waals surface area contributed by atoms with E-state index in [9.17, 15) is 9.18 Å². The maximum atomic E-state index is 13.0. The van der Waals surface area contributed by atoms with Gasteiger partial charge in [0.15, 0.2) is 5.78 Å². The Morgan fingerprint density at radius 1 is 1.64 bits per heavy atom. The summed E-state index contributed by atoms with van der Waals surface area (Å²) in [6.07, 6.45) is 0.163. The zero-order valence-electron chi connectivity index (χ0n) is 7.76. The molecule has 0 fully saturated rings. The number of Topliss-reactive ketones (excluding diaryl/α,β-unsaturated/α-hetero) is 1. The Morgan fingerprint density at radius 2 is 2.29 bits per heavy atom. The van der Waals surface area contributed by atoms with Gasteiger partial charge in [-0.1, -0.05) is 12.1 Å². The van der Waals surface area contributed by atoms with Gasteiger partial charge in [-0.05, 0) is 34.5 Å². The van der Waals surface area contributed by atoms with Crippen LogP contribution in [0.5, 0.6) is 0 Å². The summed E-state index contributed by atoms with van der Waals surface area (Å²) in [6, 6.07) is 4.10. The van der Waals surface area contributed by atoms with E-state index >= 15 is 0 Å². The molecule has 1 aromatic carbocycles. The lowest BCUT2D eigenvalue weighted by Gasteiger charge is -2.06. The van der Waals surface area contributed by atoms with E-state index < -0.39 is 6.04 Å². The fourth-order valence-corrected chi connectivity index (χ4v) is 1.44. The van der Waals surface area contributed by atoms with Crippen LogP contribution in [-0.4, -0.2) is 11.8 Å². The molecule has 0 amide bonds. The Bertz CT molecular complexity index is 352. The molecule has 1 unspecified atom stereocenters. The van der Waals surface area contributed by atoms with Crippen molar-refractivity contribution in [2.24, 2.45) is 5.73 Å². The van der Waals surface area contributed by atoms with E-state index in [1.807, 2.05) is 0 Å². The number of hydrogen-bond donors (Lipinski definition) is 1. The highest BCUT2D eigenvalue weighted by Gasteiger charge is 2.12. The smallest absolute Gasteiger partial charge is 0.153 e. The molecule has 0 aliphatic carbocycles. The third-order valence-electron chi connectivity index (χ3n) is 1.90. The highest BCUT2D eigenvalue weighted by Crippen LogP contribution is 2.21. The quantitative estimate of drug-likeness (QED) is 0.903. The van der Waals surface area contributed by atoms with Crippen LogP contribution in [-0.2, 0) is 11.2 Å². The van der Waals surface area contributed by atoms with Gasteiger partial charge in [-0.3, -0.25) is 4.79 Å². The van der Waals surface area contributed by atoms with E-state index in [4.69, 9.17) is 5.73 Å². The molecule has 1 atom stereocenters. The van der Waals surface area contributed by atoms with Crippen molar-refractivity contribution >= 4 is 21.7 Å². The van der Waals surface area contributed by atoms with Crippen molar-refractivity contribution in [1.82, 2.24) is 0 Å². The Balaban J connectivity index is 2.87. The van der Waals surface area contributed by atoms with Crippen LogP contribution in [0, 0.1) is 5.82 Å². The molecule has 4 heteroatoms. The van der Waals surface area contributed by atoms with Gasteiger partial charge in [-0.15, -0.1) is 0 Å². The van der Waals surface area contributed by atoms with Gasteiger partial charge in [0.05, 0.1) is 10.5 Å². The highest BCUT2D eigenvalue weighted by molar-refractivity contribution is 9.10. The molecule has 0 heterocycles. The van der Waals surface area contributed by atoms with Crippen LogP contribution in [0.15, 0.2) is 22.7 Å². The van der Waals surface area contributed by atoms with Crippen molar-refractivity contribution in [3.63, 3.8) is 0 Å². The SMILES string of the molecule is CC(N)C(=O)Cc1cccc(F)c1Br. The predicted octanol–water partition coefficient (Wildman–Crippen LogP) is 2.05. The summed E-state index contributed by atoms with van der Waals surface area (Å²) in [5.74, 6) is -0.462. The second kappa shape index (κ2) is 4.66. The van der Waals surface area contributed by atoms with Crippen molar-refractivity contribution in [2.45, 2.75) is 19.4 Å². The Morgan fingerprint density at radius 3 is 2.86 bits per heavy atom. The molecule has 76 valence electrons. The average Bonchev–Trinajstić information content (AvgIpc) is 2.12. The summed E-state index contributed by atoms with van der Waals surface area (Å²) < 4.78 is 13.4.